The van der Waals surface area contributed by atoms with Gasteiger partial charge in [-0.2, -0.15) is 0 Å². The van der Waals surface area contributed by atoms with Crippen LogP contribution in [-0.4, -0.2) is 35.9 Å². The number of hydrogen-bond donors (Lipinski definition) is 1. The maximum Gasteiger partial charge on any atom is 0.218 e. The van der Waals surface area contributed by atoms with Crippen molar-refractivity contribution in [3.05, 3.63) is 30.1 Å². The average molecular weight is 207 g/mol. The summed E-state index contributed by atoms with van der Waals surface area (Å²) in [5, 5.41) is 0. The highest BCUT2D eigenvalue weighted by Crippen LogP contribution is 1.96. The molecule has 1 heterocycles. The van der Waals surface area contributed by atoms with Gasteiger partial charge in [0, 0.05) is 37.8 Å². The molecule has 1 amide bonds. The first-order valence-electron chi connectivity index (χ1n) is 5.05. The van der Waals surface area contributed by atoms with Crippen LogP contribution in [0.5, 0.6) is 0 Å². The fourth-order valence-electron chi connectivity index (χ4n) is 1.26. The number of hydrogen-bond acceptors (Lipinski definition) is 3. The second kappa shape index (κ2) is 6.14. The van der Waals surface area contributed by atoms with Crippen molar-refractivity contribution in [3.63, 3.8) is 0 Å². The van der Waals surface area contributed by atoms with Crippen LogP contribution in [0.1, 0.15) is 12.1 Å². The van der Waals surface area contributed by atoms with Crippen LogP contribution in [-0.2, 0) is 11.2 Å². The first-order valence-corrected chi connectivity index (χ1v) is 5.05. The van der Waals surface area contributed by atoms with Crippen LogP contribution in [0.2, 0.25) is 0 Å². The quantitative estimate of drug-likeness (QED) is 0.736. The van der Waals surface area contributed by atoms with Gasteiger partial charge in [0.15, 0.2) is 0 Å². The van der Waals surface area contributed by atoms with Crippen LogP contribution in [0.3, 0.4) is 0 Å². The molecule has 0 unspecified atom stereocenters. The molecule has 82 valence electrons. The zero-order chi connectivity index (χ0) is 11.1. The van der Waals surface area contributed by atoms with E-state index in [2.05, 4.69) is 9.88 Å². The van der Waals surface area contributed by atoms with Crippen molar-refractivity contribution in [1.29, 1.82) is 0 Å². The standard InChI is InChI=1S/C11H17N3O/c1-14(9-6-11(12)15)8-5-10-4-2-3-7-13-10/h2-4,7H,5-6,8-9H2,1H3,(H2,12,15). The smallest absolute Gasteiger partial charge is 0.218 e. The van der Waals surface area contributed by atoms with Crippen molar-refractivity contribution in [1.82, 2.24) is 9.88 Å². The van der Waals surface area contributed by atoms with Crippen molar-refractivity contribution >= 4 is 5.91 Å². The van der Waals surface area contributed by atoms with Gasteiger partial charge in [0.1, 0.15) is 0 Å². The topological polar surface area (TPSA) is 59.2 Å². The van der Waals surface area contributed by atoms with E-state index in [0.29, 0.717) is 13.0 Å². The molecular weight excluding hydrogens is 190 g/mol. The lowest BCUT2D eigenvalue weighted by atomic mass is 10.2. The molecule has 0 aliphatic rings. The number of nitrogens with zero attached hydrogens (tertiary/aromatic N) is 2. The van der Waals surface area contributed by atoms with Gasteiger partial charge in [-0.15, -0.1) is 0 Å². The molecule has 1 aromatic heterocycles. The molecule has 15 heavy (non-hydrogen) atoms. The third-order valence-corrected chi connectivity index (χ3v) is 2.22. The lowest BCUT2D eigenvalue weighted by Crippen LogP contribution is -2.26. The molecule has 0 radical (unpaired) electrons. The Morgan fingerprint density at radius 1 is 1.47 bits per heavy atom. The Morgan fingerprint density at radius 2 is 2.27 bits per heavy atom. The highest BCUT2D eigenvalue weighted by atomic mass is 16.1. The summed E-state index contributed by atoms with van der Waals surface area (Å²) in [6, 6.07) is 5.88. The summed E-state index contributed by atoms with van der Waals surface area (Å²) in [7, 11) is 1.98. The summed E-state index contributed by atoms with van der Waals surface area (Å²) in [6.45, 7) is 1.60. The number of pyridine rings is 1. The van der Waals surface area contributed by atoms with Crippen molar-refractivity contribution in [2.45, 2.75) is 12.8 Å². The molecule has 0 bridgehead atoms. The van der Waals surface area contributed by atoms with Gasteiger partial charge in [0.2, 0.25) is 5.91 Å². The predicted octanol–water partition coefficient (Wildman–Crippen LogP) is 0.431. The van der Waals surface area contributed by atoms with Gasteiger partial charge >= 0.3 is 0 Å². The number of amides is 1. The molecule has 0 aliphatic carbocycles. The average Bonchev–Trinajstić information content (AvgIpc) is 2.25. The van der Waals surface area contributed by atoms with E-state index >= 15 is 0 Å². The number of nitrogens with two attached hydrogens (primary N) is 1. The van der Waals surface area contributed by atoms with E-state index < -0.39 is 0 Å². The Labute approximate surface area is 90.1 Å². The monoisotopic (exact) mass is 207 g/mol. The molecule has 2 N–H and O–H groups in total. The summed E-state index contributed by atoms with van der Waals surface area (Å²) >= 11 is 0. The largest absolute Gasteiger partial charge is 0.370 e. The minimum atomic E-state index is -0.250. The second-order valence-electron chi connectivity index (χ2n) is 3.59. The Morgan fingerprint density at radius 3 is 2.87 bits per heavy atom. The van der Waals surface area contributed by atoms with Crippen LogP contribution in [0.15, 0.2) is 24.4 Å². The van der Waals surface area contributed by atoms with E-state index in [-0.39, 0.29) is 5.91 Å². The van der Waals surface area contributed by atoms with Gasteiger partial charge in [-0.05, 0) is 19.2 Å². The molecule has 0 fully saturated rings. The molecule has 0 aromatic carbocycles. The summed E-state index contributed by atoms with van der Waals surface area (Å²) in [6.07, 6.45) is 3.10. The number of aromatic nitrogens is 1. The number of primary amides is 1. The van der Waals surface area contributed by atoms with E-state index in [1.165, 1.54) is 0 Å². The molecule has 0 saturated carbocycles. The van der Waals surface area contributed by atoms with Crippen molar-refractivity contribution in [3.8, 4) is 0 Å². The van der Waals surface area contributed by atoms with Crippen LogP contribution in [0.25, 0.3) is 0 Å². The van der Waals surface area contributed by atoms with E-state index in [1.807, 2.05) is 25.2 Å². The number of rotatable bonds is 6. The third-order valence-electron chi connectivity index (χ3n) is 2.22. The predicted molar refractivity (Wildman–Crippen MR) is 59.2 cm³/mol. The van der Waals surface area contributed by atoms with Crippen molar-refractivity contribution < 1.29 is 4.79 Å². The Bertz CT molecular complexity index is 300. The Hall–Kier alpha value is -1.42. The zero-order valence-corrected chi connectivity index (χ0v) is 9.02. The Kier molecular flexibility index (Phi) is 4.77. The lowest BCUT2D eigenvalue weighted by Gasteiger charge is -2.14. The minimum Gasteiger partial charge on any atom is -0.370 e. The lowest BCUT2D eigenvalue weighted by molar-refractivity contribution is -0.118. The van der Waals surface area contributed by atoms with Gasteiger partial charge in [0.05, 0.1) is 0 Å². The molecule has 1 rings (SSSR count). The minimum absolute atomic E-state index is 0.250. The molecule has 4 nitrogen and oxygen atoms in total. The number of likely N-dealkylation sites (N-methyl/N-ethyl adjacent to an activating group) is 1. The summed E-state index contributed by atoms with van der Waals surface area (Å²) in [5.74, 6) is -0.250. The molecule has 0 spiro atoms. The first kappa shape index (κ1) is 11.7. The fraction of sp³-hybridized carbons (Fsp3) is 0.455. The third kappa shape index (κ3) is 5.12. The van der Waals surface area contributed by atoms with Gasteiger partial charge < -0.3 is 10.6 Å². The molecule has 0 aliphatic heterocycles. The van der Waals surface area contributed by atoms with Crippen molar-refractivity contribution in [2.24, 2.45) is 5.73 Å². The van der Waals surface area contributed by atoms with Crippen LogP contribution in [0.4, 0.5) is 0 Å². The van der Waals surface area contributed by atoms with E-state index in [9.17, 15) is 4.79 Å². The van der Waals surface area contributed by atoms with Crippen LogP contribution in [0, 0.1) is 0 Å². The van der Waals surface area contributed by atoms with Gasteiger partial charge in [-0.25, -0.2) is 0 Å². The highest BCUT2D eigenvalue weighted by molar-refractivity contribution is 5.73. The molecule has 4 heteroatoms. The van der Waals surface area contributed by atoms with E-state index in [0.717, 1.165) is 18.7 Å². The molecular formula is C11H17N3O. The summed E-state index contributed by atoms with van der Waals surface area (Å²) in [4.78, 5) is 16.9. The molecule has 1 aromatic rings. The SMILES string of the molecule is CN(CCC(N)=O)CCc1ccccn1. The molecule has 0 saturated heterocycles. The first-order chi connectivity index (χ1) is 7.18. The molecule has 0 atom stereocenters. The van der Waals surface area contributed by atoms with E-state index in [4.69, 9.17) is 5.73 Å². The number of carbonyl (C=O) groups is 1. The van der Waals surface area contributed by atoms with E-state index in [1.54, 1.807) is 6.20 Å². The summed E-state index contributed by atoms with van der Waals surface area (Å²) in [5.41, 5.74) is 6.14. The maximum absolute atomic E-state index is 10.6. The highest BCUT2D eigenvalue weighted by Gasteiger charge is 2.01. The Balaban J connectivity index is 2.22. The number of carbonyl (C=O) groups excluding carboxylic acids is 1. The summed E-state index contributed by atoms with van der Waals surface area (Å²) < 4.78 is 0. The van der Waals surface area contributed by atoms with Crippen LogP contribution >= 0.6 is 0 Å². The fourth-order valence-corrected chi connectivity index (χ4v) is 1.26. The zero-order valence-electron chi connectivity index (χ0n) is 9.02. The normalized spacial score (nSPS) is 10.5. The van der Waals surface area contributed by atoms with Gasteiger partial charge in [-0.3, -0.25) is 9.78 Å². The van der Waals surface area contributed by atoms with Crippen LogP contribution < -0.4 is 5.73 Å². The second-order valence-corrected chi connectivity index (χ2v) is 3.59. The van der Waals surface area contributed by atoms with Gasteiger partial charge in [-0.1, -0.05) is 6.07 Å². The van der Waals surface area contributed by atoms with Crippen molar-refractivity contribution in [2.75, 3.05) is 20.1 Å². The van der Waals surface area contributed by atoms with Gasteiger partial charge in [0.25, 0.3) is 0 Å². The maximum atomic E-state index is 10.6.